The molecule has 0 aliphatic carbocycles. The number of hydrogen-bond donors (Lipinski definition) is 2. The summed E-state index contributed by atoms with van der Waals surface area (Å²) in [6.07, 6.45) is 0. The fourth-order valence-corrected chi connectivity index (χ4v) is 2.55. The Balaban J connectivity index is 2.23. The van der Waals surface area contributed by atoms with E-state index in [1.54, 1.807) is 17.0 Å². The number of anilines is 3. The standard InChI is InChI=1S/C17H22ClN5O3/c1-9-15(10(2)20-16(19-9)23(3)4)22-17(24)21-12-7-11(18)13(25-5)8-14(12)26-6/h7-8H,1-6H3,(H2,21,22,24). The molecule has 140 valence electrons. The molecule has 2 aromatic rings. The Morgan fingerprint density at radius 1 is 1.04 bits per heavy atom. The Morgan fingerprint density at radius 2 is 1.62 bits per heavy atom. The zero-order valence-electron chi connectivity index (χ0n) is 15.6. The van der Waals surface area contributed by atoms with Gasteiger partial charge < -0.3 is 25.0 Å². The Morgan fingerprint density at radius 3 is 2.12 bits per heavy atom. The molecule has 8 nitrogen and oxygen atoms in total. The molecule has 0 aliphatic rings. The van der Waals surface area contributed by atoms with Crippen molar-refractivity contribution in [3.63, 3.8) is 0 Å². The van der Waals surface area contributed by atoms with Gasteiger partial charge in [-0.05, 0) is 19.9 Å². The predicted octanol–water partition coefficient (Wildman–Crippen LogP) is 3.47. The zero-order chi connectivity index (χ0) is 19.4. The van der Waals surface area contributed by atoms with E-state index < -0.39 is 6.03 Å². The van der Waals surface area contributed by atoms with E-state index in [-0.39, 0.29) is 0 Å². The molecule has 9 heteroatoms. The van der Waals surface area contributed by atoms with Gasteiger partial charge in [0.2, 0.25) is 5.95 Å². The summed E-state index contributed by atoms with van der Waals surface area (Å²) in [5, 5.41) is 5.84. The van der Waals surface area contributed by atoms with Crippen LogP contribution < -0.4 is 25.0 Å². The van der Waals surface area contributed by atoms with Gasteiger partial charge in [0.15, 0.2) is 0 Å². The molecule has 0 atom stereocenters. The van der Waals surface area contributed by atoms with Crippen molar-refractivity contribution in [1.82, 2.24) is 9.97 Å². The van der Waals surface area contributed by atoms with Crippen LogP contribution in [0.5, 0.6) is 11.5 Å². The highest BCUT2D eigenvalue weighted by Gasteiger charge is 2.15. The minimum absolute atomic E-state index is 0.356. The third-order valence-corrected chi connectivity index (χ3v) is 3.92. The number of halogens is 1. The van der Waals surface area contributed by atoms with Crippen LogP contribution in [-0.2, 0) is 0 Å². The second kappa shape index (κ2) is 8.09. The monoisotopic (exact) mass is 379 g/mol. The molecule has 0 saturated heterocycles. The highest BCUT2D eigenvalue weighted by molar-refractivity contribution is 6.32. The third kappa shape index (κ3) is 4.26. The number of amides is 2. The fourth-order valence-electron chi connectivity index (χ4n) is 2.30. The summed E-state index contributed by atoms with van der Waals surface area (Å²) in [6, 6.07) is 2.70. The van der Waals surface area contributed by atoms with Crippen LogP contribution in [0.4, 0.5) is 22.1 Å². The smallest absolute Gasteiger partial charge is 0.323 e. The van der Waals surface area contributed by atoms with Gasteiger partial charge >= 0.3 is 6.03 Å². The van der Waals surface area contributed by atoms with Crippen LogP contribution in [0.1, 0.15) is 11.4 Å². The first-order valence-electron chi connectivity index (χ1n) is 7.79. The number of aryl methyl sites for hydroxylation is 2. The summed E-state index contributed by atoms with van der Waals surface area (Å²) in [4.78, 5) is 23.0. The summed E-state index contributed by atoms with van der Waals surface area (Å²) in [6.45, 7) is 3.62. The molecule has 0 saturated carbocycles. The van der Waals surface area contributed by atoms with Gasteiger partial charge in [0.1, 0.15) is 11.5 Å². The number of urea groups is 1. The summed E-state index contributed by atoms with van der Waals surface area (Å²) >= 11 is 6.12. The number of nitrogens with zero attached hydrogens (tertiary/aromatic N) is 3. The summed E-state index contributed by atoms with van der Waals surface area (Å²) in [5.74, 6) is 1.46. The van der Waals surface area contributed by atoms with E-state index in [0.29, 0.717) is 45.2 Å². The molecule has 1 aromatic carbocycles. The lowest BCUT2D eigenvalue weighted by Gasteiger charge is -2.17. The molecule has 0 bridgehead atoms. The SMILES string of the molecule is COc1cc(OC)c(NC(=O)Nc2c(C)nc(N(C)C)nc2C)cc1Cl. The van der Waals surface area contributed by atoms with E-state index in [9.17, 15) is 4.79 Å². The molecule has 2 rings (SSSR count). The molecule has 26 heavy (non-hydrogen) atoms. The normalized spacial score (nSPS) is 10.3. The maximum absolute atomic E-state index is 12.4. The average Bonchev–Trinajstić information content (AvgIpc) is 2.58. The first-order chi connectivity index (χ1) is 12.3. The summed E-state index contributed by atoms with van der Waals surface area (Å²) < 4.78 is 10.4. The van der Waals surface area contributed by atoms with Crippen molar-refractivity contribution in [2.75, 3.05) is 43.8 Å². The number of methoxy groups -OCH3 is 2. The van der Waals surface area contributed by atoms with E-state index in [4.69, 9.17) is 21.1 Å². The number of carbonyl (C=O) groups is 1. The maximum Gasteiger partial charge on any atom is 0.323 e. The zero-order valence-corrected chi connectivity index (χ0v) is 16.4. The molecule has 2 amide bonds. The topological polar surface area (TPSA) is 88.6 Å². The van der Waals surface area contributed by atoms with Gasteiger partial charge in [-0.15, -0.1) is 0 Å². The second-order valence-electron chi connectivity index (χ2n) is 5.73. The molecule has 0 radical (unpaired) electrons. The number of nitrogens with one attached hydrogen (secondary N) is 2. The van der Waals surface area contributed by atoms with Gasteiger partial charge in [0.25, 0.3) is 0 Å². The van der Waals surface area contributed by atoms with E-state index >= 15 is 0 Å². The molecule has 0 aliphatic heterocycles. The molecular formula is C17H22ClN5O3. The number of rotatable bonds is 5. The largest absolute Gasteiger partial charge is 0.495 e. The Bertz CT molecular complexity index is 803. The molecule has 0 fully saturated rings. The quantitative estimate of drug-likeness (QED) is 0.826. The van der Waals surface area contributed by atoms with E-state index in [0.717, 1.165) is 0 Å². The van der Waals surface area contributed by atoms with Crippen molar-refractivity contribution in [2.24, 2.45) is 0 Å². The first kappa shape index (κ1) is 19.6. The van der Waals surface area contributed by atoms with Gasteiger partial charge in [-0.2, -0.15) is 0 Å². The minimum Gasteiger partial charge on any atom is -0.495 e. The van der Waals surface area contributed by atoms with E-state index in [1.165, 1.54) is 14.2 Å². The highest BCUT2D eigenvalue weighted by Crippen LogP contribution is 2.36. The highest BCUT2D eigenvalue weighted by atomic mass is 35.5. The third-order valence-electron chi connectivity index (χ3n) is 3.62. The van der Waals surface area contributed by atoms with Crippen LogP contribution in [0, 0.1) is 13.8 Å². The van der Waals surface area contributed by atoms with Crippen molar-refractivity contribution in [3.05, 3.63) is 28.5 Å². The predicted molar refractivity (Wildman–Crippen MR) is 103 cm³/mol. The molecular weight excluding hydrogens is 358 g/mol. The number of benzene rings is 1. The van der Waals surface area contributed by atoms with Crippen molar-refractivity contribution < 1.29 is 14.3 Å². The van der Waals surface area contributed by atoms with Gasteiger partial charge in [0.05, 0.1) is 42.0 Å². The Kier molecular flexibility index (Phi) is 6.10. The average molecular weight is 380 g/mol. The lowest BCUT2D eigenvalue weighted by Crippen LogP contribution is -2.22. The van der Waals surface area contributed by atoms with Gasteiger partial charge in [-0.1, -0.05) is 11.6 Å². The molecule has 1 heterocycles. The minimum atomic E-state index is -0.461. The maximum atomic E-state index is 12.4. The fraction of sp³-hybridized carbons (Fsp3) is 0.353. The molecule has 2 N–H and O–H groups in total. The lowest BCUT2D eigenvalue weighted by atomic mass is 10.2. The molecule has 1 aromatic heterocycles. The summed E-state index contributed by atoms with van der Waals surface area (Å²) in [5.41, 5.74) is 2.29. The lowest BCUT2D eigenvalue weighted by molar-refractivity contribution is 0.262. The van der Waals surface area contributed by atoms with Crippen LogP contribution >= 0.6 is 11.6 Å². The van der Waals surface area contributed by atoms with Crippen LogP contribution in [0.25, 0.3) is 0 Å². The number of ether oxygens (including phenoxy) is 2. The van der Waals surface area contributed by atoms with Gasteiger partial charge in [-0.3, -0.25) is 0 Å². The molecule has 0 spiro atoms. The second-order valence-corrected chi connectivity index (χ2v) is 6.14. The number of aromatic nitrogens is 2. The van der Waals surface area contributed by atoms with Crippen LogP contribution in [0.15, 0.2) is 12.1 Å². The van der Waals surface area contributed by atoms with Crippen molar-refractivity contribution in [2.45, 2.75) is 13.8 Å². The number of hydrogen-bond acceptors (Lipinski definition) is 6. The molecule has 0 unspecified atom stereocenters. The van der Waals surface area contributed by atoms with Crippen LogP contribution in [-0.4, -0.2) is 44.3 Å². The van der Waals surface area contributed by atoms with Crippen molar-refractivity contribution >= 4 is 35.0 Å². The Labute approximate surface area is 157 Å². The van der Waals surface area contributed by atoms with Crippen molar-refractivity contribution in [3.8, 4) is 11.5 Å². The van der Waals surface area contributed by atoms with Crippen LogP contribution in [0.2, 0.25) is 5.02 Å². The van der Waals surface area contributed by atoms with Gasteiger partial charge in [0, 0.05) is 20.2 Å². The van der Waals surface area contributed by atoms with Crippen molar-refractivity contribution in [1.29, 1.82) is 0 Å². The van der Waals surface area contributed by atoms with E-state index in [1.807, 2.05) is 27.9 Å². The summed E-state index contributed by atoms with van der Waals surface area (Å²) in [7, 11) is 6.71. The Hall–Kier alpha value is -2.74. The van der Waals surface area contributed by atoms with Gasteiger partial charge in [-0.25, -0.2) is 14.8 Å². The first-order valence-corrected chi connectivity index (χ1v) is 8.16. The number of carbonyl (C=O) groups excluding carboxylic acids is 1. The van der Waals surface area contributed by atoms with Crippen LogP contribution in [0.3, 0.4) is 0 Å². The van der Waals surface area contributed by atoms with E-state index in [2.05, 4.69) is 20.6 Å².